The van der Waals surface area contributed by atoms with Crippen molar-refractivity contribution in [3.05, 3.63) is 75.6 Å². The van der Waals surface area contributed by atoms with Gasteiger partial charge in [-0.2, -0.15) is 0 Å². The van der Waals surface area contributed by atoms with Crippen molar-refractivity contribution in [1.29, 1.82) is 0 Å². The standard InChI is InChI=1S/C17H16FN3O4/c18-14-5-1-12(2-6-14)11-20-16(22)9-10-19-17(23)13-3-7-15(8-4-13)21(24)25/h1-8H,9-11H2,(H,19,23)(H,20,22). The van der Waals surface area contributed by atoms with Crippen LogP contribution in [0, 0.1) is 15.9 Å². The Balaban J connectivity index is 1.72. The number of halogens is 1. The highest BCUT2D eigenvalue weighted by molar-refractivity contribution is 5.94. The van der Waals surface area contributed by atoms with E-state index in [4.69, 9.17) is 0 Å². The van der Waals surface area contributed by atoms with Crippen molar-refractivity contribution in [2.45, 2.75) is 13.0 Å². The molecule has 0 unspecified atom stereocenters. The smallest absolute Gasteiger partial charge is 0.269 e. The monoisotopic (exact) mass is 345 g/mol. The SMILES string of the molecule is O=C(CCNC(=O)c1ccc([N+](=O)[O-])cc1)NCc1ccc(F)cc1. The summed E-state index contributed by atoms with van der Waals surface area (Å²) in [6.07, 6.45) is 0.0833. The molecule has 2 N–H and O–H groups in total. The number of rotatable bonds is 7. The third-order valence-corrected chi connectivity index (χ3v) is 3.38. The second-order valence-corrected chi connectivity index (χ2v) is 5.21. The topological polar surface area (TPSA) is 101 Å². The lowest BCUT2D eigenvalue weighted by atomic mass is 10.2. The van der Waals surface area contributed by atoms with E-state index in [1.54, 1.807) is 12.1 Å². The molecule has 2 aromatic rings. The number of hydrogen-bond donors (Lipinski definition) is 2. The number of carbonyl (C=O) groups excluding carboxylic acids is 2. The maximum atomic E-state index is 12.8. The molecule has 0 atom stereocenters. The quantitative estimate of drug-likeness (QED) is 0.593. The molecule has 25 heavy (non-hydrogen) atoms. The Morgan fingerprint density at radius 2 is 1.64 bits per heavy atom. The average Bonchev–Trinajstić information content (AvgIpc) is 2.61. The highest BCUT2D eigenvalue weighted by atomic mass is 19.1. The van der Waals surface area contributed by atoms with Gasteiger partial charge in [-0.15, -0.1) is 0 Å². The molecule has 2 aromatic carbocycles. The normalized spacial score (nSPS) is 10.1. The van der Waals surface area contributed by atoms with Gasteiger partial charge in [0.25, 0.3) is 11.6 Å². The van der Waals surface area contributed by atoms with Crippen LogP contribution in [0.25, 0.3) is 0 Å². The molecule has 0 saturated carbocycles. The second kappa shape index (κ2) is 8.53. The number of nitro groups is 1. The number of carbonyl (C=O) groups is 2. The molecule has 0 aliphatic heterocycles. The Bertz CT molecular complexity index is 760. The zero-order valence-corrected chi connectivity index (χ0v) is 13.2. The number of hydrogen-bond acceptors (Lipinski definition) is 4. The van der Waals surface area contributed by atoms with E-state index >= 15 is 0 Å². The van der Waals surface area contributed by atoms with Gasteiger partial charge in [0.1, 0.15) is 5.82 Å². The zero-order chi connectivity index (χ0) is 18.2. The van der Waals surface area contributed by atoms with Crippen molar-refractivity contribution in [3.63, 3.8) is 0 Å². The molecule has 0 aliphatic carbocycles. The van der Waals surface area contributed by atoms with Gasteiger partial charge in [0.15, 0.2) is 0 Å². The molecule has 8 heteroatoms. The van der Waals surface area contributed by atoms with Gasteiger partial charge in [0.05, 0.1) is 4.92 Å². The van der Waals surface area contributed by atoms with Crippen LogP contribution in [0.1, 0.15) is 22.3 Å². The predicted molar refractivity (Wildman–Crippen MR) is 88.3 cm³/mol. The summed E-state index contributed by atoms with van der Waals surface area (Å²) in [6, 6.07) is 11.0. The number of non-ortho nitro benzene ring substituents is 1. The molecule has 2 amide bonds. The van der Waals surface area contributed by atoms with Crippen molar-refractivity contribution >= 4 is 17.5 Å². The van der Waals surface area contributed by atoms with E-state index in [1.807, 2.05) is 0 Å². The van der Waals surface area contributed by atoms with Crippen LogP contribution in [0.4, 0.5) is 10.1 Å². The summed E-state index contributed by atoms with van der Waals surface area (Å²) >= 11 is 0. The molecule has 2 rings (SSSR count). The molecule has 130 valence electrons. The minimum atomic E-state index is -0.548. The van der Waals surface area contributed by atoms with E-state index < -0.39 is 10.8 Å². The Hall–Kier alpha value is -3.29. The Kier molecular flexibility index (Phi) is 6.16. The Morgan fingerprint density at radius 3 is 2.24 bits per heavy atom. The fraction of sp³-hybridized carbons (Fsp3) is 0.176. The molecular weight excluding hydrogens is 329 g/mol. The number of amides is 2. The van der Waals surface area contributed by atoms with E-state index in [9.17, 15) is 24.1 Å². The number of benzene rings is 2. The number of nitrogens with one attached hydrogen (secondary N) is 2. The van der Waals surface area contributed by atoms with Crippen molar-refractivity contribution in [2.75, 3.05) is 6.54 Å². The van der Waals surface area contributed by atoms with Gasteiger partial charge in [-0.25, -0.2) is 4.39 Å². The first-order valence-corrected chi connectivity index (χ1v) is 7.49. The lowest BCUT2D eigenvalue weighted by Gasteiger charge is -2.07. The van der Waals surface area contributed by atoms with Gasteiger partial charge in [-0.3, -0.25) is 19.7 Å². The maximum absolute atomic E-state index is 12.8. The average molecular weight is 345 g/mol. The molecule has 0 fully saturated rings. The van der Waals surface area contributed by atoms with Crippen molar-refractivity contribution < 1.29 is 18.9 Å². The summed E-state index contributed by atoms with van der Waals surface area (Å²) in [7, 11) is 0. The molecule has 0 saturated heterocycles. The van der Waals surface area contributed by atoms with E-state index in [-0.39, 0.29) is 42.5 Å². The molecule has 0 spiro atoms. The predicted octanol–water partition coefficient (Wildman–Crippen LogP) is 2.17. The van der Waals surface area contributed by atoms with Gasteiger partial charge in [0, 0.05) is 37.2 Å². The molecule has 0 bridgehead atoms. The summed E-state index contributed by atoms with van der Waals surface area (Å²) in [6.45, 7) is 0.403. The Morgan fingerprint density at radius 1 is 1.00 bits per heavy atom. The fourth-order valence-electron chi connectivity index (χ4n) is 2.02. The maximum Gasteiger partial charge on any atom is 0.269 e. The van der Waals surface area contributed by atoms with Crippen LogP contribution in [-0.2, 0) is 11.3 Å². The number of nitro benzene ring substituents is 1. The molecule has 0 aromatic heterocycles. The highest BCUT2D eigenvalue weighted by Gasteiger charge is 2.09. The number of nitrogens with zero attached hydrogens (tertiary/aromatic N) is 1. The lowest BCUT2D eigenvalue weighted by Crippen LogP contribution is -2.30. The lowest BCUT2D eigenvalue weighted by molar-refractivity contribution is -0.384. The van der Waals surface area contributed by atoms with Crippen molar-refractivity contribution in [2.24, 2.45) is 0 Å². The summed E-state index contributed by atoms with van der Waals surface area (Å²) in [5, 5.41) is 15.8. The van der Waals surface area contributed by atoms with Crippen LogP contribution < -0.4 is 10.6 Å². The van der Waals surface area contributed by atoms with Crippen LogP contribution in [0.5, 0.6) is 0 Å². The summed E-state index contributed by atoms with van der Waals surface area (Å²) in [5.74, 6) is -1.02. The van der Waals surface area contributed by atoms with Gasteiger partial charge in [-0.05, 0) is 29.8 Å². The van der Waals surface area contributed by atoms with Crippen LogP contribution in [0.2, 0.25) is 0 Å². The van der Waals surface area contributed by atoms with Gasteiger partial charge in [0.2, 0.25) is 5.91 Å². The van der Waals surface area contributed by atoms with Gasteiger partial charge in [-0.1, -0.05) is 12.1 Å². The molecule has 0 radical (unpaired) electrons. The van der Waals surface area contributed by atoms with Crippen LogP contribution in [0.3, 0.4) is 0 Å². The first-order chi connectivity index (χ1) is 12.0. The van der Waals surface area contributed by atoms with Crippen molar-refractivity contribution in [3.8, 4) is 0 Å². The Labute approximate surface area is 143 Å². The largest absolute Gasteiger partial charge is 0.352 e. The summed E-state index contributed by atoms with van der Waals surface area (Å²) < 4.78 is 12.8. The van der Waals surface area contributed by atoms with Gasteiger partial charge >= 0.3 is 0 Å². The first-order valence-electron chi connectivity index (χ1n) is 7.49. The van der Waals surface area contributed by atoms with Crippen LogP contribution >= 0.6 is 0 Å². The summed E-state index contributed by atoms with van der Waals surface area (Å²) in [5.41, 5.74) is 0.943. The van der Waals surface area contributed by atoms with E-state index in [0.29, 0.717) is 0 Å². The minimum absolute atomic E-state index is 0.0833. The fourth-order valence-corrected chi connectivity index (χ4v) is 2.02. The molecular formula is C17H16FN3O4. The minimum Gasteiger partial charge on any atom is -0.352 e. The van der Waals surface area contributed by atoms with Crippen molar-refractivity contribution in [1.82, 2.24) is 10.6 Å². The third kappa shape index (κ3) is 5.69. The first kappa shape index (κ1) is 18.1. The third-order valence-electron chi connectivity index (χ3n) is 3.38. The van der Waals surface area contributed by atoms with Gasteiger partial charge < -0.3 is 10.6 Å². The summed E-state index contributed by atoms with van der Waals surface area (Å²) in [4.78, 5) is 33.6. The van der Waals surface area contributed by atoms with E-state index in [2.05, 4.69) is 10.6 Å². The van der Waals surface area contributed by atoms with E-state index in [0.717, 1.165) is 5.56 Å². The molecule has 0 aliphatic rings. The van der Waals surface area contributed by atoms with Crippen LogP contribution in [-0.4, -0.2) is 23.3 Å². The van der Waals surface area contributed by atoms with Crippen LogP contribution in [0.15, 0.2) is 48.5 Å². The molecule has 7 nitrogen and oxygen atoms in total. The van der Waals surface area contributed by atoms with E-state index in [1.165, 1.54) is 36.4 Å². The second-order valence-electron chi connectivity index (χ2n) is 5.21. The molecule has 0 heterocycles. The zero-order valence-electron chi connectivity index (χ0n) is 13.2. The highest BCUT2D eigenvalue weighted by Crippen LogP contribution is 2.11.